The van der Waals surface area contributed by atoms with Gasteiger partial charge in [0.05, 0.1) is 11.8 Å². The van der Waals surface area contributed by atoms with Crippen LogP contribution in [0.2, 0.25) is 5.22 Å². The van der Waals surface area contributed by atoms with Gasteiger partial charge in [0.15, 0.2) is 5.78 Å². The Morgan fingerprint density at radius 1 is 1.35 bits per heavy atom. The Labute approximate surface area is 104 Å². The highest BCUT2D eigenvalue weighted by atomic mass is 35.5. The van der Waals surface area contributed by atoms with Crippen LogP contribution in [0.4, 0.5) is 0 Å². The van der Waals surface area contributed by atoms with E-state index in [1.54, 1.807) is 6.07 Å². The van der Waals surface area contributed by atoms with Crippen LogP contribution in [0.5, 0.6) is 0 Å². The van der Waals surface area contributed by atoms with E-state index >= 15 is 0 Å². The first-order valence-corrected chi connectivity index (χ1v) is 5.97. The molecule has 2 aromatic rings. The van der Waals surface area contributed by atoms with Crippen molar-refractivity contribution in [2.24, 2.45) is 0 Å². The lowest BCUT2D eigenvalue weighted by Gasteiger charge is -2.29. The maximum Gasteiger partial charge on any atom is 0.203 e. The van der Waals surface area contributed by atoms with Crippen molar-refractivity contribution in [3.05, 3.63) is 58.5 Å². The molecule has 0 N–H and O–H groups in total. The van der Waals surface area contributed by atoms with Gasteiger partial charge in [-0.2, -0.15) is 0 Å². The summed E-state index contributed by atoms with van der Waals surface area (Å²) in [5, 5.41) is 0.197. The highest BCUT2D eigenvalue weighted by Crippen LogP contribution is 2.38. The maximum atomic E-state index is 12.0. The molecule has 1 aromatic carbocycles. The van der Waals surface area contributed by atoms with E-state index in [1.807, 2.05) is 12.1 Å². The Morgan fingerprint density at radius 2 is 2.18 bits per heavy atom. The number of carbonyl (C=O) groups is 1. The van der Waals surface area contributed by atoms with Crippen molar-refractivity contribution in [1.82, 2.24) is 0 Å². The number of rotatable bonds is 3. The summed E-state index contributed by atoms with van der Waals surface area (Å²) < 4.78 is 4.93. The van der Waals surface area contributed by atoms with Gasteiger partial charge >= 0.3 is 0 Å². The molecule has 2 nitrogen and oxygen atoms in total. The molecule has 0 spiro atoms. The zero-order valence-corrected chi connectivity index (χ0v) is 9.91. The van der Waals surface area contributed by atoms with Gasteiger partial charge in [-0.3, -0.25) is 4.79 Å². The van der Waals surface area contributed by atoms with Crippen LogP contribution in [0.1, 0.15) is 33.8 Å². The van der Waals surface area contributed by atoms with E-state index in [2.05, 4.69) is 12.1 Å². The molecular weight excluding hydrogens is 236 g/mol. The molecule has 0 radical (unpaired) electrons. The summed E-state index contributed by atoms with van der Waals surface area (Å²) in [6.45, 7) is 0. The van der Waals surface area contributed by atoms with Crippen molar-refractivity contribution >= 4 is 17.4 Å². The fraction of sp³-hybridized carbons (Fsp3) is 0.214. The third-order valence-electron chi connectivity index (χ3n) is 3.31. The van der Waals surface area contributed by atoms with Crippen LogP contribution in [-0.2, 0) is 6.42 Å². The molecule has 1 aliphatic rings. The second-order valence-electron chi connectivity index (χ2n) is 4.34. The summed E-state index contributed by atoms with van der Waals surface area (Å²) in [5.41, 5.74) is 3.14. The smallest absolute Gasteiger partial charge is 0.203 e. The Hall–Kier alpha value is -1.54. The number of hydrogen-bond acceptors (Lipinski definition) is 2. The number of hydrogen-bond donors (Lipinski definition) is 0. The monoisotopic (exact) mass is 246 g/mol. The van der Waals surface area contributed by atoms with E-state index in [0.717, 1.165) is 6.42 Å². The van der Waals surface area contributed by atoms with E-state index < -0.39 is 0 Å². The van der Waals surface area contributed by atoms with Gasteiger partial charge < -0.3 is 4.42 Å². The minimum absolute atomic E-state index is 0.0586. The van der Waals surface area contributed by atoms with Crippen molar-refractivity contribution in [3.63, 3.8) is 0 Å². The average Bonchev–Trinajstić information content (AvgIpc) is 2.72. The van der Waals surface area contributed by atoms with E-state index in [9.17, 15) is 4.79 Å². The topological polar surface area (TPSA) is 30.2 Å². The molecule has 0 fully saturated rings. The average molecular weight is 247 g/mol. The number of benzene rings is 1. The summed E-state index contributed by atoms with van der Waals surface area (Å²) in [6, 6.07) is 9.88. The van der Waals surface area contributed by atoms with Crippen LogP contribution in [0.25, 0.3) is 0 Å². The molecule has 1 aliphatic carbocycles. The fourth-order valence-electron chi connectivity index (χ4n) is 2.37. The minimum atomic E-state index is 0.0586. The van der Waals surface area contributed by atoms with Crippen molar-refractivity contribution < 1.29 is 9.21 Å². The number of ketones is 1. The second-order valence-corrected chi connectivity index (χ2v) is 4.68. The van der Waals surface area contributed by atoms with Gasteiger partial charge in [-0.15, -0.1) is 0 Å². The Morgan fingerprint density at radius 3 is 2.88 bits per heavy atom. The number of Topliss-reactive ketones (excluding diaryl/α,β-unsaturated/α-hetero) is 1. The zero-order chi connectivity index (χ0) is 11.8. The molecule has 17 heavy (non-hydrogen) atoms. The lowest BCUT2D eigenvalue weighted by atomic mass is 9.75. The first-order valence-electron chi connectivity index (χ1n) is 5.59. The Kier molecular flexibility index (Phi) is 2.52. The molecule has 86 valence electrons. The van der Waals surface area contributed by atoms with Crippen molar-refractivity contribution in [2.75, 3.05) is 0 Å². The fourth-order valence-corrected chi connectivity index (χ4v) is 2.59. The number of halogens is 1. The third kappa shape index (κ3) is 1.79. The van der Waals surface area contributed by atoms with Crippen LogP contribution in [0.3, 0.4) is 0 Å². The Balaban J connectivity index is 1.75. The largest absolute Gasteiger partial charge is 0.452 e. The summed E-state index contributed by atoms with van der Waals surface area (Å²) in [4.78, 5) is 12.0. The molecule has 1 aromatic heterocycles. The summed E-state index contributed by atoms with van der Waals surface area (Å²) in [6.07, 6.45) is 2.94. The van der Waals surface area contributed by atoms with E-state index in [4.69, 9.17) is 16.0 Å². The first kappa shape index (κ1) is 10.6. The van der Waals surface area contributed by atoms with Crippen LogP contribution in [0, 0.1) is 0 Å². The van der Waals surface area contributed by atoms with E-state index in [1.165, 1.54) is 17.4 Å². The summed E-state index contributed by atoms with van der Waals surface area (Å²) in [7, 11) is 0. The van der Waals surface area contributed by atoms with Crippen LogP contribution in [-0.4, -0.2) is 5.78 Å². The zero-order valence-electron chi connectivity index (χ0n) is 9.15. The number of furan rings is 1. The highest BCUT2D eigenvalue weighted by molar-refractivity contribution is 6.32. The summed E-state index contributed by atoms with van der Waals surface area (Å²) >= 11 is 5.79. The van der Waals surface area contributed by atoms with Gasteiger partial charge in [0.25, 0.3) is 0 Å². The molecule has 1 heterocycles. The van der Waals surface area contributed by atoms with Gasteiger partial charge in [-0.05, 0) is 41.1 Å². The molecule has 3 heteroatoms. The molecule has 0 bridgehead atoms. The third-order valence-corrected chi connectivity index (χ3v) is 3.60. The van der Waals surface area contributed by atoms with Crippen molar-refractivity contribution in [1.29, 1.82) is 0 Å². The van der Waals surface area contributed by atoms with Crippen molar-refractivity contribution in [2.45, 2.75) is 18.8 Å². The highest BCUT2D eigenvalue weighted by Gasteiger charge is 2.28. The van der Waals surface area contributed by atoms with Gasteiger partial charge in [0, 0.05) is 6.42 Å². The molecule has 0 saturated heterocycles. The van der Waals surface area contributed by atoms with Crippen LogP contribution < -0.4 is 0 Å². The molecule has 1 atom stereocenters. The quantitative estimate of drug-likeness (QED) is 0.770. The van der Waals surface area contributed by atoms with E-state index in [-0.39, 0.29) is 11.0 Å². The lowest BCUT2D eigenvalue weighted by Crippen LogP contribution is -2.20. The molecule has 0 amide bonds. The second kappa shape index (κ2) is 4.04. The predicted molar refractivity (Wildman–Crippen MR) is 65.6 cm³/mol. The van der Waals surface area contributed by atoms with E-state index in [0.29, 0.717) is 17.9 Å². The Bertz CT molecular complexity index is 571. The molecule has 0 aliphatic heterocycles. The van der Waals surface area contributed by atoms with Crippen LogP contribution >= 0.6 is 11.6 Å². The van der Waals surface area contributed by atoms with Gasteiger partial charge in [-0.25, -0.2) is 0 Å². The van der Waals surface area contributed by atoms with Gasteiger partial charge in [-0.1, -0.05) is 24.3 Å². The molecule has 0 saturated carbocycles. The van der Waals surface area contributed by atoms with Crippen LogP contribution in [0.15, 0.2) is 41.0 Å². The lowest BCUT2D eigenvalue weighted by molar-refractivity contribution is 0.0970. The molecule has 1 unspecified atom stereocenters. The van der Waals surface area contributed by atoms with Gasteiger partial charge in [0.1, 0.15) is 0 Å². The summed E-state index contributed by atoms with van der Waals surface area (Å²) in [5.74, 6) is 0.396. The van der Waals surface area contributed by atoms with Crippen molar-refractivity contribution in [3.8, 4) is 0 Å². The SMILES string of the molecule is O=C(CC1Cc2ccccc21)c1ccoc1Cl. The molecule has 3 rings (SSSR count). The maximum absolute atomic E-state index is 12.0. The first-order chi connectivity index (χ1) is 8.25. The normalized spacial score (nSPS) is 17.4. The number of carbonyl (C=O) groups excluding carboxylic acids is 1. The number of fused-ring (bicyclic) bond motifs is 1. The predicted octanol–water partition coefficient (Wildman–Crippen LogP) is 3.85. The van der Waals surface area contributed by atoms with Gasteiger partial charge in [0.2, 0.25) is 5.22 Å². The standard InChI is InChI=1S/C14H11ClO2/c15-14-12(5-6-17-14)13(16)8-10-7-9-3-1-2-4-11(9)10/h1-6,10H,7-8H2. The molecular formula is C14H11ClO2. The minimum Gasteiger partial charge on any atom is -0.452 e.